The van der Waals surface area contributed by atoms with Crippen LogP contribution in [0.15, 0.2) is 24.3 Å². The smallest absolute Gasteiger partial charge is 0.307 e. The summed E-state index contributed by atoms with van der Waals surface area (Å²) in [7, 11) is 1.67. The molecule has 1 aliphatic heterocycles. The van der Waals surface area contributed by atoms with Crippen molar-refractivity contribution in [2.75, 3.05) is 20.1 Å². The molecule has 5 heteroatoms. The summed E-state index contributed by atoms with van der Waals surface area (Å²) >= 11 is 0. The molecule has 0 aromatic heterocycles. The average molecular weight is 290 g/mol. The highest BCUT2D eigenvalue weighted by Crippen LogP contribution is 2.21. The number of hydrogen-bond acceptors (Lipinski definition) is 3. The van der Waals surface area contributed by atoms with Crippen LogP contribution in [0.25, 0.3) is 0 Å². The maximum atomic E-state index is 11.4. The van der Waals surface area contributed by atoms with Gasteiger partial charge in [-0.2, -0.15) is 0 Å². The lowest BCUT2D eigenvalue weighted by Gasteiger charge is -2.16. The molecule has 2 N–H and O–H groups in total. The summed E-state index contributed by atoms with van der Waals surface area (Å²) in [6.07, 6.45) is 1.73. The molecule has 1 fully saturated rings. The summed E-state index contributed by atoms with van der Waals surface area (Å²) in [6, 6.07) is 7.73. The Kier molecular flexibility index (Phi) is 5.33. The number of likely N-dealkylation sites (tertiary alicyclic amines) is 1. The minimum absolute atomic E-state index is 0.0677. The van der Waals surface area contributed by atoms with Crippen molar-refractivity contribution in [2.45, 2.75) is 25.8 Å². The van der Waals surface area contributed by atoms with Crippen molar-refractivity contribution in [3.8, 4) is 0 Å². The fourth-order valence-electron chi connectivity index (χ4n) is 2.78. The molecule has 0 unspecified atom stereocenters. The second kappa shape index (κ2) is 7.22. The molecule has 0 saturated carbocycles. The second-order valence-corrected chi connectivity index (χ2v) is 5.65. The summed E-state index contributed by atoms with van der Waals surface area (Å²) in [5.74, 6) is -0.254. The number of nitrogens with zero attached hydrogens (tertiary/aromatic N) is 1. The van der Waals surface area contributed by atoms with Crippen LogP contribution >= 0.6 is 0 Å². The number of carbonyl (C=O) groups excluding carboxylic acids is 1. The summed E-state index contributed by atoms with van der Waals surface area (Å²) in [5, 5.41) is 11.4. The molecule has 0 radical (unpaired) electrons. The van der Waals surface area contributed by atoms with Gasteiger partial charge in [-0.15, -0.1) is 0 Å². The number of amides is 1. The van der Waals surface area contributed by atoms with Crippen molar-refractivity contribution in [1.29, 1.82) is 0 Å². The van der Waals surface area contributed by atoms with Crippen LogP contribution in [0.2, 0.25) is 0 Å². The van der Waals surface area contributed by atoms with Crippen LogP contribution < -0.4 is 5.32 Å². The molecule has 0 spiro atoms. The van der Waals surface area contributed by atoms with Crippen LogP contribution in [0.5, 0.6) is 0 Å². The molecule has 5 nitrogen and oxygen atoms in total. The van der Waals surface area contributed by atoms with E-state index in [0.717, 1.165) is 31.6 Å². The Hall–Kier alpha value is -1.88. The SMILES string of the molecule is CNC(=O)C[C@H]1CCN(Cc2ccc(CC(=O)O)cc2)C1. The zero-order valence-electron chi connectivity index (χ0n) is 12.3. The Balaban J connectivity index is 1.82. The Morgan fingerprint density at radius 1 is 1.29 bits per heavy atom. The third-order valence-electron chi connectivity index (χ3n) is 3.91. The third kappa shape index (κ3) is 4.86. The van der Waals surface area contributed by atoms with Gasteiger partial charge in [0.25, 0.3) is 0 Å². The molecular weight excluding hydrogens is 268 g/mol. The molecule has 1 heterocycles. The van der Waals surface area contributed by atoms with E-state index in [4.69, 9.17) is 5.11 Å². The number of carboxylic acid groups (broad SMARTS) is 1. The summed E-state index contributed by atoms with van der Waals surface area (Å²) in [5.41, 5.74) is 2.01. The molecule has 1 atom stereocenters. The molecule has 1 aromatic rings. The largest absolute Gasteiger partial charge is 0.481 e. The van der Waals surface area contributed by atoms with Crippen LogP contribution in [-0.2, 0) is 22.6 Å². The minimum atomic E-state index is -0.806. The van der Waals surface area contributed by atoms with Crippen LogP contribution in [0.4, 0.5) is 0 Å². The van der Waals surface area contributed by atoms with Crippen molar-refractivity contribution in [2.24, 2.45) is 5.92 Å². The predicted molar refractivity (Wildman–Crippen MR) is 79.8 cm³/mol. The molecule has 21 heavy (non-hydrogen) atoms. The maximum Gasteiger partial charge on any atom is 0.307 e. The first-order valence-corrected chi connectivity index (χ1v) is 7.29. The molecule has 1 amide bonds. The van der Waals surface area contributed by atoms with Gasteiger partial charge in [-0.05, 0) is 30.0 Å². The Morgan fingerprint density at radius 2 is 1.95 bits per heavy atom. The predicted octanol–water partition coefficient (Wildman–Crippen LogP) is 1.27. The molecule has 114 valence electrons. The van der Waals surface area contributed by atoms with E-state index in [1.165, 1.54) is 5.56 Å². The molecular formula is C16H22N2O3. The maximum absolute atomic E-state index is 11.4. The Morgan fingerprint density at radius 3 is 2.57 bits per heavy atom. The van der Waals surface area contributed by atoms with E-state index in [2.05, 4.69) is 10.2 Å². The first kappa shape index (κ1) is 15.5. The monoisotopic (exact) mass is 290 g/mol. The van der Waals surface area contributed by atoms with Gasteiger partial charge >= 0.3 is 5.97 Å². The number of hydrogen-bond donors (Lipinski definition) is 2. The van der Waals surface area contributed by atoms with Crippen molar-refractivity contribution in [1.82, 2.24) is 10.2 Å². The fourth-order valence-corrected chi connectivity index (χ4v) is 2.78. The van der Waals surface area contributed by atoms with Gasteiger partial charge < -0.3 is 10.4 Å². The average Bonchev–Trinajstić information content (AvgIpc) is 2.87. The molecule has 1 saturated heterocycles. The zero-order chi connectivity index (χ0) is 15.2. The lowest BCUT2D eigenvalue weighted by atomic mass is 10.0. The first-order chi connectivity index (χ1) is 10.1. The van der Waals surface area contributed by atoms with Crippen molar-refractivity contribution in [3.63, 3.8) is 0 Å². The standard InChI is InChI=1S/C16H22N2O3/c1-17-15(19)8-14-6-7-18(11-14)10-13-4-2-12(3-5-13)9-16(20)21/h2-5,14H,6-11H2,1H3,(H,17,19)(H,20,21)/t14-/m1/s1. The lowest BCUT2D eigenvalue weighted by Crippen LogP contribution is -2.24. The molecule has 1 aromatic carbocycles. The second-order valence-electron chi connectivity index (χ2n) is 5.65. The van der Waals surface area contributed by atoms with E-state index in [0.29, 0.717) is 12.3 Å². The Bertz CT molecular complexity index is 499. The third-order valence-corrected chi connectivity index (χ3v) is 3.91. The summed E-state index contributed by atoms with van der Waals surface area (Å²) in [4.78, 5) is 24.4. The quantitative estimate of drug-likeness (QED) is 0.828. The Labute approximate surface area is 125 Å². The molecule has 1 aliphatic rings. The first-order valence-electron chi connectivity index (χ1n) is 7.29. The van der Waals surface area contributed by atoms with Crippen LogP contribution in [0.3, 0.4) is 0 Å². The van der Waals surface area contributed by atoms with E-state index >= 15 is 0 Å². The highest BCUT2D eigenvalue weighted by molar-refractivity contribution is 5.75. The van der Waals surface area contributed by atoms with Crippen molar-refractivity contribution in [3.05, 3.63) is 35.4 Å². The van der Waals surface area contributed by atoms with Gasteiger partial charge in [-0.3, -0.25) is 14.5 Å². The van der Waals surface area contributed by atoms with Crippen LogP contribution in [0.1, 0.15) is 24.0 Å². The highest BCUT2D eigenvalue weighted by Gasteiger charge is 2.24. The van der Waals surface area contributed by atoms with Gasteiger partial charge in [0.05, 0.1) is 6.42 Å². The van der Waals surface area contributed by atoms with Gasteiger partial charge in [0, 0.05) is 26.6 Å². The van der Waals surface area contributed by atoms with E-state index in [1.54, 1.807) is 7.05 Å². The van der Waals surface area contributed by atoms with Crippen LogP contribution in [0, 0.1) is 5.92 Å². The van der Waals surface area contributed by atoms with Crippen molar-refractivity contribution >= 4 is 11.9 Å². The number of aliphatic carboxylic acids is 1. The van der Waals surface area contributed by atoms with E-state index < -0.39 is 5.97 Å². The number of carbonyl (C=O) groups is 2. The fraction of sp³-hybridized carbons (Fsp3) is 0.500. The molecule has 0 bridgehead atoms. The van der Waals surface area contributed by atoms with E-state index in [9.17, 15) is 9.59 Å². The van der Waals surface area contributed by atoms with E-state index in [-0.39, 0.29) is 12.3 Å². The zero-order valence-corrected chi connectivity index (χ0v) is 12.3. The summed E-state index contributed by atoms with van der Waals surface area (Å²) < 4.78 is 0. The van der Waals surface area contributed by atoms with Crippen molar-refractivity contribution < 1.29 is 14.7 Å². The van der Waals surface area contributed by atoms with E-state index in [1.807, 2.05) is 24.3 Å². The van der Waals surface area contributed by atoms with Gasteiger partial charge in [-0.1, -0.05) is 24.3 Å². The van der Waals surface area contributed by atoms with Gasteiger partial charge in [0.15, 0.2) is 0 Å². The van der Waals surface area contributed by atoms with Crippen LogP contribution in [-0.4, -0.2) is 42.0 Å². The topological polar surface area (TPSA) is 69.6 Å². The number of rotatable bonds is 6. The minimum Gasteiger partial charge on any atom is -0.481 e. The molecule has 2 rings (SSSR count). The normalized spacial score (nSPS) is 18.6. The van der Waals surface area contributed by atoms with Gasteiger partial charge in [-0.25, -0.2) is 0 Å². The number of carboxylic acids is 1. The number of benzene rings is 1. The molecule has 0 aliphatic carbocycles. The van der Waals surface area contributed by atoms with Gasteiger partial charge in [0.2, 0.25) is 5.91 Å². The summed E-state index contributed by atoms with van der Waals surface area (Å²) in [6.45, 7) is 2.82. The highest BCUT2D eigenvalue weighted by atomic mass is 16.4. The number of nitrogens with one attached hydrogen (secondary N) is 1. The van der Waals surface area contributed by atoms with Gasteiger partial charge in [0.1, 0.15) is 0 Å². The lowest BCUT2D eigenvalue weighted by molar-refractivity contribution is -0.136.